The number of nitrogens with two attached hydrogens (primary N) is 1. The zero-order valence-electron chi connectivity index (χ0n) is 19.1. The Bertz CT molecular complexity index is 1290. The number of nitrogens with zero attached hydrogens (tertiary/aromatic N) is 3. The van der Waals surface area contributed by atoms with Crippen LogP contribution >= 0.6 is 11.3 Å². The molecule has 0 radical (unpaired) electrons. The number of carbonyl (C=O) groups is 2. The summed E-state index contributed by atoms with van der Waals surface area (Å²) in [5.74, 6) is -0.231. The summed E-state index contributed by atoms with van der Waals surface area (Å²) in [6, 6.07) is 9.42. The molecule has 0 bridgehead atoms. The molecule has 0 aliphatic heterocycles. The van der Waals surface area contributed by atoms with Crippen LogP contribution < -0.4 is 16.4 Å². The number of amides is 1. The molecule has 11 nitrogen and oxygen atoms in total. The predicted molar refractivity (Wildman–Crippen MR) is 136 cm³/mol. The molecule has 0 aliphatic rings. The van der Waals surface area contributed by atoms with E-state index in [0.717, 1.165) is 10.4 Å². The van der Waals surface area contributed by atoms with Gasteiger partial charge in [0.1, 0.15) is 11.9 Å². The first-order chi connectivity index (χ1) is 16.7. The second-order valence-electron chi connectivity index (χ2n) is 7.34. The van der Waals surface area contributed by atoms with Crippen molar-refractivity contribution in [3.05, 3.63) is 48.0 Å². The fraction of sp³-hybridized carbons (Fsp3) is 0.273. The average Bonchev–Trinajstić information content (AvgIpc) is 3.34. The Kier molecular flexibility index (Phi) is 8.73. The SMILES string of the molecule is CCOC(=O)N=S(C)(=O)c1ccc(Nc2ncc(-c3cccs3)c(NCC[C@H](N)C(=O)O)n2)cc1. The van der Waals surface area contributed by atoms with Gasteiger partial charge in [-0.3, -0.25) is 4.79 Å². The molecule has 2 heterocycles. The van der Waals surface area contributed by atoms with Crippen molar-refractivity contribution in [1.29, 1.82) is 0 Å². The smallest absolute Gasteiger partial charge is 0.442 e. The van der Waals surface area contributed by atoms with Crippen LogP contribution in [-0.4, -0.2) is 56.8 Å². The van der Waals surface area contributed by atoms with Crippen LogP contribution in [0.5, 0.6) is 0 Å². The highest BCUT2D eigenvalue weighted by Gasteiger charge is 2.14. The Morgan fingerprint density at radius 1 is 1.29 bits per heavy atom. The number of hydrogen-bond donors (Lipinski definition) is 4. The van der Waals surface area contributed by atoms with Gasteiger partial charge in [-0.15, -0.1) is 15.7 Å². The maximum atomic E-state index is 12.8. The van der Waals surface area contributed by atoms with E-state index in [1.54, 1.807) is 37.4 Å². The van der Waals surface area contributed by atoms with E-state index >= 15 is 0 Å². The Balaban J connectivity index is 1.79. The van der Waals surface area contributed by atoms with E-state index in [1.807, 2.05) is 17.5 Å². The molecule has 0 aliphatic carbocycles. The molecule has 1 unspecified atom stereocenters. The molecule has 2 atom stereocenters. The third kappa shape index (κ3) is 7.21. The summed E-state index contributed by atoms with van der Waals surface area (Å²) in [5.41, 5.74) is 7.00. The van der Waals surface area contributed by atoms with E-state index in [9.17, 15) is 13.8 Å². The number of aliphatic carboxylic acids is 1. The van der Waals surface area contributed by atoms with Gasteiger partial charge in [-0.2, -0.15) is 4.98 Å². The first kappa shape index (κ1) is 26.1. The lowest BCUT2D eigenvalue weighted by Gasteiger charge is -2.13. The van der Waals surface area contributed by atoms with E-state index in [-0.39, 0.29) is 13.0 Å². The van der Waals surface area contributed by atoms with Crippen LogP contribution in [0.2, 0.25) is 0 Å². The summed E-state index contributed by atoms with van der Waals surface area (Å²) >= 11 is 1.53. The fourth-order valence-electron chi connectivity index (χ4n) is 2.92. The topological polar surface area (TPSA) is 169 Å². The molecular weight excluding hydrogens is 492 g/mol. The lowest BCUT2D eigenvalue weighted by molar-refractivity contribution is -0.138. The molecule has 35 heavy (non-hydrogen) atoms. The van der Waals surface area contributed by atoms with Crippen LogP contribution in [0.1, 0.15) is 13.3 Å². The third-order valence-corrected chi connectivity index (χ3v) is 7.25. The average molecular weight is 519 g/mol. The normalized spacial score (nSPS) is 13.3. The van der Waals surface area contributed by atoms with E-state index in [0.29, 0.717) is 28.9 Å². The molecule has 0 fully saturated rings. The number of benzene rings is 1. The summed E-state index contributed by atoms with van der Waals surface area (Å²) in [6.07, 6.45) is 2.39. The molecule has 1 amide bonds. The van der Waals surface area contributed by atoms with Crippen molar-refractivity contribution < 1.29 is 23.6 Å². The standard InChI is InChI=1S/C22H26N6O5S2/c1-3-33-22(31)28-35(2,32)15-8-6-14(7-9-15)26-21-25-13-16(18-5-4-12-34-18)19(27-21)24-11-10-17(23)20(29)30/h4-9,12-13,17H,3,10-11,23H2,1-2H3,(H,29,30)(H2,24,25,26,27)/t17-,35?/m0/s1. The molecule has 3 aromatic rings. The number of carboxylic acids is 1. The van der Waals surface area contributed by atoms with Crippen molar-refractivity contribution in [2.45, 2.75) is 24.3 Å². The second kappa shape index (κ2) is 11.7. The monoisotopic (exact) mass is 518 g/mol. The number of rotatable bonds is 10. The van der Waals surface area contributed by atoms with Gasteiger partial charge in [-0.05, 0) is 49.1 Å². The molecule has 3 rings (SSSR count). The van der Waals surface area contributed by atoms with E-state index in [2.05, 4.69) is 25.0 Å². The van der Waals surface area contributed by atoms with Gasteiger partial charge >= 0.3 is 12.1 Å². The zero-order valence-corrected chi connectivity index (χ0v) is 20.8. The maximum Gasteiger partial charge on any atom is 0.442 e. The van der Waals surface area contributed by atoms with Crippen LogP contribution in [0.4, 0.5) is 22.2 Å². The molecule has 186 valence electrons. The number of anilines is 3. The summed E-state index contributed by atoms with van der Waals surface area (Å²) in [4.78, 5) is 32.8. The minimum Gasteiger partial charge on any atom is -0.480 e. The van der Waals surface area contributed by atoms with Gasteiger partial charge in [0.25, 0.3) is 0 Å². The predicted octanol–water partition coefficient (Wildman–Crippen LogP) is 3.78. The first-order valence-corrected chi connectivity index (χ1v) is 13.4. The number of hydrogen-bond acceptors (Lipinski definition) is 10. The highest BCUT2D eigenvalue weighted by molar-refractivity contribution is 7.93. The van der Waals surface area contributed by atoms with Crippen LogP contribution in [0, 0.1) is 0 Å². The highest BCUT2D eigenvalue weighted by Crippen LogP contribution is 2.31. The van der Waals surface area contributed by atoms with Gasteiger partial charge in [-0.25, -0.2) is 14.0 Å². The third-order valence-electron chi connectivity index (χ3n) is 4.70. The van der Waals surface area contributed by atoms with Gasteiger partial charge in [0.15, 0.2) is 0 Å². The lowest BCUT2D eigenvalue weighted by atomic mass is 10.2. The molecule has 0 saturated carbocycles. The molecule has 0 spiro atoms. The number of thiophene rings is 1. The number of nitrogens with one attached hydrogen (secondary N) is 2. The van der Waals surface area contributed by atoms with Gasteiger partial charge in [-0.1, -0.05) is 6.07 Å². The molecule has 13 heteroatoms. The van der Waals surface area contributed by atoms with Crippen molar-refractivity contribution >= 4 is 50.6 Å². The minimum absolute atomic E-state index is 0.148. The minimum atomic E-state index is -2.95. The quantitative estimate of drug-likeness (QED) is 0.310. The Hall–Kier alpha value is -3.55. The van der Waals surface area contributed by atoms with Crippen LogP contribution in [-0.2, 0) is 19.3 Å². The summed E-state index contributed by atoms with van der Waals surface area (Å²) in [7, 11) is -2.95. The second-order valence-corrected chi connectivity index (χ2v) is 10.5. The van der Waals surface area contributed by atoms with Gasteiger partial charge < -0.3 is 26.2 Å². The molecule has 0 saturated heterocycles. The number of ether oxygens (including phenoxy) is 1. The van der Waals surface area contributed by atoms with Gasteiger partial charge in [0.05, 0.1) is 21.9 Å². The van der Waals surface area contributed by atoms with Crippen LogP contribution in [0.15, 0.2) is 57.2 Å². The fourth-order valence-corrected chi connectivity index (χ4v) is 4.74. The van der Waals surface area contributed by atoms with Gasteiger partial charge in [0.2, 0.25) is 5.95 Å². The Labute approximate surface area is 206 Å². The van der Waals surface area contributed by atoms with Crippen LogP contribution in [0.25, 0.3) is 10.4 Å². The maximum absolute atomic E-state index is 12.8. The van der Waals surface area contributed by atoms with Crippen molar-refractivity contribution in [3.63, 3.8) is 0 Å². The summed E-state index contributed by atoms with van der Waals surface area (Å²) in [5, 5.41) is 17.2. The van der Waals surface area contributed by atoms with E-state index in [4.69, 9.17) is 15.6 Å². The molecule has 5 N–H and O–H groups in total. The van der Waals surface area contributed by atoms with E-state index in [1.165, 1.54) is 17.6 Å². The number of aromatic nitrogens is 2. The summed E-state index contributed by atoms with van der Waals surface area (Å²) < 4.78 is 21.2. The number of carbonyl (C=O) groups excluding carboxylic acids is 1. The molecular formula is C22H26N6O5S2. The van der Waals surface area contributed by atoms with Gasteiger partial charge in [0, 0.05) is 34.5 Å². The molecule has 2 aromatic heterocycles. The Morgan fingerprint density at radius 3 is 2.66 bits per heavy atom. The zero-order chi connectivity index (χ0) is 25.4. The van der Waals surface area contributed by atoms with Crippen LogP contribution in [0.3, 0.4) is 0 Å². The largest absolute Gasteiger partial charge is 0.480 e. The first-order valence-electron chi connectivity index (χ1n) is 10.6. The van der Waals surface area contributed by atoms with Crippen molar-refractivity contribution in [2.75, 3.05) is 30.0 Å². The van der Waals surface area contributed by atoms with Crippen molar-refractivity contribution in [3.8, 4) is 10.4 Å². The van der Waals surface area contributed by atoms with Crippen molar-refractivity contribution in [2.24, 2.45) is 10.1 Å². The van der Waals surface area contributed by atoms with E-state index < -0.39 is 27.8 Å². The summed E-state index contributed by atoms with van der Waals surface area (Å²) in [6.45, 7) is 2.10. The lowest BCUT2D eigenvalue weighted by Crippen LogP contribution is -2.32. The molecule has 1 aromatic carbocycles. The highest BCUT2D eigenvalue weighted by atomic mass is 32.2. The van der Waals surface area contributed by atoms with Crippen molar-refractivity contribution in [1.82, 2.24) is 9.97 Å². The number of carboxylic acid groups (broad SMARTS) is 1. The Morgan fingerprint density at radius 2 is 2.03 bits per heavy atom.